The molecule has 0 aliphatic carbocycles. The molecule has 0 aliphatic rings. The maximum Gasteiger partial charge on any atom is 0.0892 e. The second-order valence-corrected chi connectivity index (χ2v) is 6.46. The van der Waals surface area contributed by atoms with Gasteiger partial charge in [0.2, 0.25) is 0 Å². The molecule has 3 aromatic rings. The average molecular weight is 306 g/mol. The van der Waals surface area contributed by atoms with E-state index in [0.29, 0.717) is 11.8 Å². The Bertz CT molecular complexity index is 809. The predicted molar refractivity (Wildman–Crippen MR) is 92.5 cm³/mol. The molecule has 23 heavy (non-hydrogen) atoms. The Hall–Kier alpha value is -2.36. The second kappa shape index (κ2) is 6.41. The van der Waals surface area contributed by atoms with Crippen molar-refractivity contribution >= 4 is 11.0 Å². The first-order chi connectivity index (χ1) is 11.0. The predicted octanol–water partition coefficient (Wildman–Crippen LogP) is 4.20. The third-order valence-corrected chi connectivity index (χ3v) is 4.06. The summed E-state index contributed by atoms with van der Waals surface area (Å²) in [4.78, 5) is 18.1. The van der Waals surface area contributed by atoms with Gasteiger partial charge in [0.05, 0.1) is 28.1 Å². The van der Waals surface area contributed by atoms with Crippen molar-refractivity contribution in [1.29, 1.82) is 0 Å². The first-order valence-corrected chi connectivity index (χ1v) is 8.07. The van der Waals surface area contributed by atoms with Gasteiger partial charge in [0.1, 0.15) is 0 Å². The maximum absolute atomic E-state index is 4.74. The standard InChI is InChI=1S/C19H22N4/c1-12(2)18-10-22-16-6-5-15(8-17(16)23-18)7-13(3)19-11-20-14(4)9-21-19/h5-6,8-13H,7H2,1-4H3. The van der Waals surface area contributed by atoms with Gasteiger partial charge in [-0.1, -0.05) is 26.8 Å². The molecule has 1 atom stereocenters. The van der Waals surface area contributed by atoms with Crippen LogP contribution < -0.4 is 0 Å². The van der Waals surface area contributed by atoms with Gasteiger partial charge < -0.3 is 0 Å². The quantitative estimate of drug-likeness (QED) is 0.725. The summed E-state index contributed by atoms with van der Waals surface area (Å²) in [5, 5.41) is 0. The van der Waals surface area contributed by atoms with E-state index in [1.165, 1.54) is 5.56 Å². The molecular formula is C19H22N4. The van der Waals surface area contributed by atoms with Crippen LogP contribution in [0.5, 0.6) is 0 Å². The van der Waals surface area contributed by atoms with Crippen molar-refractivity contribution in [2.24, 2.45) is 0 Å². The van der Waals surface area contributed by atoms with Gasteiger partial charge in [0, 0.05) is 24.5 Å². The van der Waals surface area contributed by atoms with E-state index < -0.39 is 0 Å². The normalized spacial score (nSPS) is 12.7. The van der Waals surface area contributed by atoms with Crippen molar-refractivity contribution in [3.05, 3.63) is 59.4 Å². The molecule has 2 aromatic heterocycles. The Morgan fingerprint density at radius 3 is 2.35 bits per heavy atom. The fourth-order valence-electron chi connectivity index (χ4n) is 2.59. The molecule has 0 aliphatic heterocycles. The van der Waals surface area contributed by atoms with Crippen LogP contribution >= 0.6 is 0 Å². The summed E-state index contributed by atoms with van der Waals surface area (Å²) in [5.41, 5.74) is 6.17. The van der Waals surface area contributed by atoms with Crippen molar-refractivity contribution in [3.8, 4) is 0 Å². The van der Waals surface area contributed by atoms with Crippen LogP contribution in [-0.4, -0.2) is 19.9 Å². The molecule has 0 spiro atoms. The molecule has 0 fully saturated rings. The fourth-order valence-corrected chi connectivity index (χ4v) is 2.59. The number of hydrogen-bond donors (Lipinski definition) is 0. The van der Waals surface area contributed by atoms with Gasteiger partial charge in [-0.15, -0.1) is 0 Å². The van der Waals surface area contributed by atoms with Crippen molar-refractivity contribution < 1.29 is 0 Å². The van der Waals surface area contributed by atoms with Crippen LogP contribution in [0, 0.1) is 6.92 Å². The highest BCUT2D eigenvalue weighted by atomic mass is 14.8. The Morgan fingerprint density at radius 2 is 1.65 bits per heavy atom. The molecule has 118 valence electrons. The molecule has 0 saturated heterocycles. The molecular weight excluding hydrogens is 284 g/mol. The summed E-state index contributed by atoms with van der Waals surface area (Å²) in [5.74, 6) is 0.708. The summed E-state index contributed by atoms with van der Waals surface area (Å²) >= 11 is 0. The van der Waals surface area contributed by atoms with Crippen LogP contribution in [0.3, 0.4) is 0 Å². The van der Waals surface area contributed by atoms with Crippen LogP contribution in [0.25, 0.3) is 11.0 Å². The minimum absolute atomic E-state index is 0.321. The second-order valence-electron chi connectivity index (χ2n) is 6.46. The lowest BCUT2D eigenvalue weighted by molar-refractivity contribution is 0.722. The molecule has 0 N–H and O–H groups in total. The van der Waals surface area contributed by atoms with Gasteiger partial charge in [-0.3, -0.25) is 15.0 Å². The summed E-state index contributed by atoms with van der Waals surface area (Å²) in [6.45, 7) is 8.41. The third-order valence-electron chi connectivity index (χ3n) is 4.06. The first-order valence-electron chi connectivity index (χ1n) is 8.07. The van der Waals surface area contributed by atoms with Crippen molar-refractivity contribution in [1.82, 2.24) is 19.9 Å². The Kier molecular flexibility index (Phi) is 4.33. The van der Waals surface area contributed by atoms with Crippen LogP contribution in [0.15, 0.2) is 36.8 Å². The largest absolute Gasteiger partial charge is 0.258 e. The Balaban J connectivity index is 1.86. The van der Waals surface area contributed by atoms with E-state index in [1.54, 1.807) is 0 Å². The van der Waals surface area contributed by atoms with E-state index in [0.717, 1.165) is 34.5 Å². The topological polar surface area (TPSA) is 51.6 Å². The number of nitrogens with zero attached hydrogens (tertiary/aromatic N) is 4. The summed E-state index contributed by atoms with van der Waals surface area (Å²) < 4.78 is 0. The fraction of sp³-hybridized carbons (Fsp3) is 0.368. The van der Waals surface area contributed by atoms with Crippen molar-refractivity contribution in [2.75, 3.05) is 0 Å². The Morgan fingerprint density at radius 1 is 0.870 bits per heavy atom. The number of fused-ring (bicyclic) bond motifs is 1. The van der Waals surface area contributed by atoms with Crippen LogP contribution in [0.4, 0.5) is 0 Å². The number of aryl methyl sites for hydroxylation is 1. The average Bonchev–Trinajstić information content (AvgIpc) is 2.54. The summed E-state index contributed by atoms with van der Waals surface area (Å²) in [6.07, 6.45) is 6.49. The molecule has 0 bridgehead atoms. The summed E-state index contributed by atoms with van der Waals surface area (Å²) in [6, 6.07) is 6.33. The van der Waals surface area contributed by atoms with Gasteiger partial charge in [0.15, 0.2) is 0 Å². The highest BCUT2D eigenvalue weighted by molar-refractivity contribution is 5.74. The van der Waals surface area contributed by atoms with E-state index in [4.69, 9.17) is 4.98 Å². The van der Waals surface area contributed by atoms with E-state index >= 15 is 0 Å². The molecule has 4 nitrogen and oxygen atoms in total. The lowest BCUT2D eigenvalue weighted by atomic mass is 9.98. The van der Waals surface area contributed by atoms with Gasteiger partial charge in [-0.2, -0.15) is 0 Å². The minimum Gasteiger partial charge on any atom is -0.258 e. The van der Waals surface area contributed by atoms with Crippen LogP contribution in [0.2, 0.25) is 0 Å². The van der Waals surface area contributed by atoms with E-state index in [2.05, 4.69) is 53.9 Å². The molecule has 0 saturated carbocycles. The Labute approximate surface area is 137 Å². The third kappa shape index (κ3) is 3.52. The zero-order valence-electron chi connectivity index (χ0n) is 14.1. The molecule has 3 rings (SSSR count). The van der Waals surface area contributed by atoms with Gasteiger partial charge in [0.25, 0.3) is 0 Å². The number of rotatable bonds is 4. The SMILES string of the molecule is Cc1cnc(C(C)Cc2ccc3ncc(C(C)C)nc3c2)cn1. The highest BCUT2D eigenvalue weighted by Gasteiger charge is 2.10. The lowest BCUT2D eigenvalue weighted by Crippen LogP contribution is -2.03. The van der Waals surface area contributed by atoms with E-state index in [9.17, 15) is 0 Å². The van der Waals surface area contributed by atoms with Gasteiger partial charge in [-0.25, -0.2) is 4.98 Å². The van der Waals surface area contributed by atoms with Crippen LogP contribution in [-0.2, 0) is 6.42 Å². The molecule has 1 unspecified atom stereocenters. The molecule has 0 radical (unpaired) electrons. The van der Waals surface area contributed by atoms with Crippen molar-refractivity contribution in [3.63, 3.8) is 0 Å². The summed E-state index contributed by atoms with van der Waals surface area (Å²) in [7, 11) is 0. The van der Waals surface area contributed by atoms with Crippen LogP contribution in [0.1, 0.15) is 55.3 Å². The zero-order chi connectivity index (χ0) is 16.4. The zero-order valence-corrected chi connectivity index (χ0v) is 14.1. The minimum atomic E-state index is 0.321. The molecule has 4 heteroatoms. The van der Waals surface area contributed by atoms with Crippen molar-refractivity contribution in [2.45, 2.75) is 46.0 Å². The molecule has 1 aromatic carbocycles. The molecule has 0 amide bonds. The first kappa shape index (κ1) is 15.5. The number of hydrogen-bond acceptors (Lipinski definition) is 4. The van der Waals surface area contributed by atoms with E-state index in [1.807, 2.05) is 25.5 Å². The highest BCUT2D eigenvalue weighted by Crippen LogP contribution is 2.21. The number of aromatic nitrogens is 4. The monoisotopic (exact) mass is 306 g/mol. The maximum atomic E-state index is 4.74. The smallest absolute Gasteiger partial charge is 0.0892 e. The van der Waals surface area contributed by atoms with E-state index in [-0.39, 0.29) is 0 Å². The number of benzene rings is 1. The lowest BCUT2D eigenvalue weighted by Gasteiger charge is -2.12. The van der Waals surface area contributed by atoms with Gasteiger partial charge in [-0.05, 0) is 37.0 Å². The molecule has 2 heterocycles. The van der Waals surface area contributed by atoms with Gasteiger partial charge >= 0.3 is 0 Å².